The summed E-state index contributed by atoms with van der Waals surface area (Å²) in [7, 11) is 0. The summed E-state index contributed by atoms with van der Waals surface area (Å²) in [5, 5.41) is 18.4. The van der Waals surface area contributed by atoms with Crippen molar-refractivity contribution in [2.75, 3.05) is 72.7 Å². The second kappa shape index (κ2) is 28.8. The maximum atomic E-state index is 9.86. The monoisotopic (exact) mass is 464 g/mol. The van der Waals surface area contributed by atoms with Crippen LogP contribution >= 0.6 is 0 Å². The van der Waals surface area contributed by atoms with Crippen LogP contribution in [0.25, 0.3) is 0 Å². The van der Waals surface area contributed by atoms with Gasteiger partial charge in [-0.2, -0.15) is 0 Å². The minimum Gasteiger partial charge on any atom is -0.394 e. The molecule has 0 bridgehead atoms. The molecule has 1 atom stereocenters. The first kappa shape index (κ1) is 31.7. The summed E-state index contributed by atoms with van der Waals surface area (Å²) in [6.45, 7) is 6.81. The summed E-state index contributed by atoms with van der Waals surface area (Å²) in [5.41, 5.74) is 0. The van der Waals surface area contributed by atoms with Crippen LogP contribution in [0.3, 0.4) is 0 Å². The SMILES string of the molecule is CCCCCCCCCCCCCCOCC(O)COCCOCCOCCOCCO. The van der Waals surface area contributed by atoms with Crippen LogP contribution in [-0.2, 0) is 23.7 Å². The van der Waals surface area contributed by atoms with E-state index in [1.165, 1.54) is 70.6 Å². The third-order valence-electron chi connectivity index (χ3n) is 5.11. The molecule has 0 saturated carbocycles. The minimum absolute atomic E-state index is 0.0311. The van der Waals surface area contributed by atoms with E-state index >= 15 is 0 Å². The van der Waals surface area contributed by atoms with Gasteiger partial charge in [0.15, 0.2) is 0 Å². The van der Waals surface area contributed by atoms with Crippen molar-refractivity contribution in [2.24, 2.45) is 0 Å². The quantitative estimate of drug-likeness (QED) is 0.168. The Bertz CT molecular complexity index is 331. The van der Waals surface area contributed by atoms with Crippen LogP contribution in [0.15, 0.2) is 0 Å². The molecule has 0 rings (SSSR count). The summed E-state index contributed by atoms with van der Waals surface area (Å²) < 4.78 is 26.7. The lowest BCUT2D eigenvalue weighted by molar-refractivity contribution is -0.0391. The molecule has 0 aromatic carbocycles. The Hall–Kier alpha value is -0.280. The Morgan fingerprint density at radius 3 is 1.31 bits per heavy atom. The number of unbranched alkanes of at least 4 members (excludes halogenated alkanes) is 11. The third kappa shape index (κ3) is 27.8. The van der Waals surface area contributed by atoms with Gasteiger partial charge in [0, 0.05) is 6.61 Å². The molecule has 0 spiro atoms. The molecule has 0 saturated heterocycles. The highest BCUT2D eigenvalue weighted by atomic mass is 16.6. The van der Waals surface area contributed by atoms with E-state index in [2.05, 4.69) is 6.92 Å². The third-order valence-corrected chi connectivity index (χ3v) is 5.11. The van der Waals surface area contributed by atoms with Gasteiger partial charge in [-0.1, -0.05) is 77.6 Å². The summed E-state index contributed by atoms with van der Waals surface area (Å²) >= 11 is 0. The van der Waals surface area contributed by atoms with Gasteiger partial charge in [0.2, 0.25) is 0 Å². The summed E-state index contributed by atoms with van der Waals surface area (Å²) in [5.74, 6) is 0. The zero-order valence-corrected chi connectivity index (χ0v) is 20.8. The highest BCUT2D eigenvalue weighted by Crippen LogP contribution is 2.11. The van der Waals surface area contributed by atoms with Crippen molar-refractivity contribution in [3.63, 3.8) is 0 Å². The van der Waals surface area contributed by atoms with E-state index < -0.39 is 6.10 Å². The van der Waals surface area contributed by atoms with Crippen molar-refractivity contribution in [3.05, 3.63) is 0 Å². The average Bonchev–Trinajstić information content (AvgIpc) is 2.80. The molecule has 0 amide bonds. The Balaban J connectivity index is 3.13. The number of aliphatic hydroxyl groups is 2. The van der Waals surface area contributed by atoms with Crippen LogP contribution in [0.5, 0.6) is 0 Å². The first-order valence-corrected chi connectivity index (χ1v) is 13.0. The lowest BCUT2D eigenvalue weighted by Gasteiger charge is -2.12. The molecule has 7 nitrogen and oxygen atoms in total. The molecule has 0 radical (unpaired) electrons. The van der Waals surface area contributed by atoms with Crippen molar-refractivity contribution < 1.29 is 33.9 Å². The number of ether oxygens (including phenoxy) is 5. The van der Waals surface area contributed by atoms with E-state index in [1.54, 1.807) is 0 Å². The average molecular weight is 465 g/mol. The Labute approximate surface area is 197 Å². The van der Waals surface area contributed by atoms with Crippen LogP contribution < -0.4 is 0 Å². The Kier molecular flexibility index (Phi) is 28.5. The van der Waals surface area contributed by atoms with Crippen molar-refractivity contribution in [1.82, 2.24) is 0 Å². The van der Waals surface area contributed by atoms with Crippen LogP contribution in [-0.4, -0.2) is 89.0 Å². The molecule has 194 valence electrons. The fraction of sp³-hybridized carbons (Fsp3) is 1.00. The molecule has 0 aliphatic rings. The number of rotatable bonds is 28. The van der Waals surface area contributed by atoms with E-state index in [9.17, 15) is 5.11 Å². The van der Waals surface area contributed by atoms with E-state index in [4.69, 9.17) is 28.8 Å². The highest BCUT2D eigenvalue weighted by molar-refractivity contribution is 4.52. The zero-order chi connectivity index (χ0) is 23.4. The molecule has 32 heavy (non-hydrogen) atoms. The molecule has 0 aromatic rings. The van der Waals surface area contributed by atoms with Gasteiger partial charge in [0.25, 0.3) is 0 Å². The number of hydrogen-bond donors (Lipinski definition) is 2. The standard InChI is InChI=1S/C25H52O7/c1-2-3-4-5-6-7-8-9-10-11-12-13-15-31-23-25(27)24-32-22-21-30-20-19-29-18-17-28-16-14-26/h25-27H,2-24H2,1H3. The minimum atomic E-state index is -0.588. The van der Waals surface area contributed by atoms with Crippen molar-refractivity contribution in [1.29, 1.82) is 0 Å². The van der Waals surface area contributed by atoms with E-state index in [-0.39, 0.29) is 13.2 Å². The molecule has 0 aliphatic heterocycles. The normalized spacial score (nSPS) is 12.5. The van der Waals surface area contributed by atoms with E-state index in [0.29, 0.717) is 59.5 Å². The molecule has 0 fully saturated rings. The Morgan fingerprint density at radius 2 is 0.844 bits per heavy atom. The van der Waals surface area contributed by atoms with Crippen LogP contribution in [0, 0.1) is 0 Å². The lowest BCUT2D eigenvalue weighted by Crippen LogP contribution is -2.23. The summed E-state index contributed by atoms with van der Waals surface area (Å²) in [6, 6.07) is 0. The molecule has 0 heterocycles. The molecular weight excluding hydrogens is 412 g/mol. The maximum Gasteiger partial charge on any atom is 0.101 e. The van der Waals surface area contributed by atoms with Crippen LogP contribution in [0.4, 0.5) is 0 Å². The van der Waals surface area contributed by atoms with Gasteiger partial charge in [-0.15, -0.1) is 0 Å². The number of aliphatic hydroxyl groups excluding tert-OH is 2. The van der Waals surface area contributed by atoms with Gasteiger partial charge in [-0.25, -0.2) is 0 Å². The van der Waals surface area contributed by atoms with E-state index in [1.807, 2.05) is 0 Å². The predicted octanol–water partition coefficient (Wildman–Crippen LogP) is 4.12. The van der Waals surface area contributed by atoms with Gasteiger partial charge in [0.1, 0.15) is 6.10 Å². The largest absolute Gasteiger partial charge is 0.394 e. The fourth-order valence-corrected chi connectivity index (χ4v) is 3.26. The molecule has 1 unspecified atom stereocenters. The van der Waals surface area contributed by atoms with Gasteiger partial charge < -0.3 is 33.9 Å². The topological polar surface area (TPSA) is 86.6 Å². The molecule has 2 N–H and O–H groups in total. The second-order valence-corrected chi connectivity index (χ2v) is 8.25. The van der Waals surface area contributed by atoms with Crippen molar-refractivity contribution >= 4 is 0 Å². The molecule has 0 aliphatic carbocycles. The van der Waals surface area contributed by atoms with Gasteiger partial charge >= 0.3 is 0 Å². The lowest BCUT2D eigenvalue weighted by atomic mass is 10.1. The van der Waals surface area contributed by atoms with Crippen LogP contribution in [0.1, 0.15) is 84.0 Å². The summed E-state index contributed by atoms with van der Waals surface area (Å²) in [6.07, 6.45) is 15.4. The highest BCUT2D eigenvalue weighted by Gasteiger charge is 2.04. The number of hydrogen-bond acceptors (Lipinski definition) is 7. The summed E-state index contributed by atoms with van der Waals surface area (Å²) in [4.78, 5) is 0. The first-order chi connectivity index (χ1) is 15.8. The first-order valence-electron chi connectivity index (χ1n) is 13.0. The predicted molar refractivity (Wildman–Crippen MR) is 128 cm³/mol. The van der Waals surface area contributed by atoms with Crippen molar-refractivity contribution in [2.45, 2.75) is 90.1 Å². The fourth-order valence-electron chi connectivity index (χ4n) is 3.26. The van der Waals surface area contributed by atoms with Crippen LogP contribution in [0.2, 0.25) is 0 Å². The Morgan fingerprint density at radius 1 is 0.469 bits per heavy atom. The van der Waals surface area contributed by atoms with Gasteiger partial charge in [-0.05, 0) is 6.42 Å². The molecule has 0 aromatic heterocycles. The molecular formula is C25H52O7. The second-order valence-electron chi connectivity index (χ2n) is 8.25. The van der Waals surface area contributed by atoms with Gasteiger partial charge in [0.05, 0.1) is 66.1 Å². The maximum absolute atomic E-state index is 9.86. The zero-order valence-electron chi connectivity index (χ0n) is 20.8. The van der Waals surface area contributed by atoms with Crippen molar-refractivity contribution in [3.8, 4) is 0 Å². The molecule has 7 heteroatoms. The van der Waals surface area contributed by atoms with E-state index in [0.717, 1.165) is 6.42 Å². The smallest absolute Gasteiger partial charge is 0.101 e. The van der Waals surface area contributed by atoms with Gasteiger partial charge in [-0.3, -0.25) is 0 Å².